The minimum Gasteiger partial charge on any atom is -0.0780 e. The maximum absolute atomic E-state index is 2.27. The average Bonchev–Trinajstić information content (AvgIpc) is 2.00. The van der Waals surface area contributed by atoms with E-state index in [9.17, 15) is 0 Å². The molecule has 0 heterocycles. The first-order valence-electron chi connectivity index (χ1n) is 4.83. The summed E-state index contributed by atoms with van der Waals surface area (Å²) in [4.78, 5) is 0. The zero-order chi connectivity index (χ0) is 9.83. The normalized spacial score (nSPS) is 22.8. The zero-order valence-corrected chi connectivity index (χ0v) is 9.31. The largest absolute Gasteiger partial charge is 0.0780 e. The Morgan fingerprint density at radius 3 is 1.08 bits per heavy atom. The Morgan fingerprint density at radius 2 is 0.917 bits per heavy atom. The minimum atomic E-state index is 0.307. The van der Waals surface area contributed by atoms with Gasteiger partial charge >= 0.3 is 0 Å². The molecular weight excluding hydrogens is 144 g/mol. The smallest absolute Gasteiger partial charge is 0.00860 e. The third-order valence-electron chi connectivity index (χ3n) is 2.80. The van der Waals surface area contributed by atoms with E-state index in [4.69, 9.17) is 0 Å². The maximum atomic E-state index is 2.27. The van der Waals surface area contributed by atoms with Crippen LogP contribution in [0.4, 0.5) is 0 Å². The van der Waals surface area contributed by atoms with Crippen molar-refractivity contribution in [1.29, 1.82) is 0 Å². The number of allylic oxidation sites excluding steroid dienone is 4. The Balaban J connectivity index is 0.000000561. The van der Waals surface area contributed by atoms with E-state index in [1.165, 1.54) is 0 Å². The topological polar surface area (TPSA) is 0 Å². The van der Waals surface area contributed by atoms with Crippen molar-refractivity contribution in [1.82, 2.24) is 0 Å². The van der Waals surface area contributed by atoms with Crippen molar-refractivity contribution < 1.29 is 0 Å². The summed E-state index contributed by atoms with van der Waals surface area (Å²) >= 11 is 0. The third-order valence-corrected chi connectivity index (χ3v) is 2.80. The van der Waals surface area contributed by atoms with Crippen LogP contribution in [0, 0.1) is 10.8 Å². The lowest BCUT2D eigenvalue weighted by Crippen LogP contribution is -2.29. The van der Waals surface area contributed by atoms with Gasteiger partial charge < -0.3 is 0 Å². The van der Waals surface area contributed by atoms with E-state index in [-0.39, 0.29) is 0 Å². The number of hydrogen-bond donors (Lipinski definition) is 0. The van der Waals surface area contributed by atoms with Crippen molar-refractivity contribution in [2.75, 3.05) is 0 Å². The van der Waals surface area contributed by atoms with Gasteiger partial charge in [0.2, 0.25) is 0 Å². The van der Waals surface area contributed by atoms with Crippen LogP contribution in [0.5, 0.6) is 0 Å². The van der Waals surface area contributed by atoms with Gasteiger partial charge in [-0.3, -0.25) is 0 Å². The van der Waals surface area contributed by atoms with Crippen LogP contribution in [0.25, 0.3) is 0 Å². The molecule has 0 heteroatoms. The summed E-state index contributed by atoms with van der Waals surface area (Å²) in [5.74, 6) is 0. The molecule has 0 atom stereocenters. The van der Waals surface area contributed by atoms with E-state index in [0.717, 1.165) is 0 Å². The molecule has 0 amide bonds. The summed E-state index contributed by atoms with van der Waals surface area (Å²) in [5, 5.41) is 0. The summed E-state index contributed by atoms with van der Waals surface area (Å²) in [6.45, 7) is 13.1. The Bertz CT molecular complexity index is 158. The van der Waals surface area contributed by atoms with Gasteiger partial charge in [-0.1, -0.05) is 65.8 Å². The fraction of sp³-hybridized carbons (Fsp3) is 0.667. The molecule has 0 N–H and O–H groups in total. The second-order valence-corrected chi connectivity index (χ2v) is 4.16. The molecule has 0 nitrogen and oxygen atoms in total. The molecule has 0 fully saturated rings. The molecule has 0 aromatic carbocycles. The van der Waals surface area contributed by atoms with E-state index < -0.39 is 0 Å². The molecule has 0 radical (unpaired) electrons. The summed E-state index contributed by atoms with van der Waals surface area (Å²) < 4.78 is 0. The Hall–Kier alpha value is -0.520. The van der Waals surface area contributed by atoms with Gasteiger partial charge in [0.25, 0.3) is 0 Å². The summed E-state index contributed by atoms with van der Waals surface area (Å²) in [7, 11) is 0. The first kappa shape index (κ1) is 11.5. The van der Waals surface area contributed by atoms with E-state index in [1.54, 1.807) is 0 Å². The molecule has 0 aromatic heterocycles. The predicted molar refractivity (Wildman–Crippen MR) is 57.2 cm³/mol. The number of rotatable bonds is 0. The lowest BCUT2D eigenvalue weighted by molar-refractivity contribution is 0.229. The van der Waals surface area contributed by atoms with Crippen LogP contribution in [-0.2, 0) is 0 Å². The van der Waals surface area contributed by atoms with Crippen molar-refractivity contribution in [2.45, 2.75) is 41.5 Å². The molecule has 0 spiro atoms. The first-order valence-corrected chi connectivity index (χ1v) is 4.83. The van der Waals surface area contributed by atoms with Gasteiger partial charge in [-0.2, -0.15) is 0 Å². The highest BCUT2D eigenvalue weighted by Gasteiger charge is 2.33. The molecule has 0 saturated carbocycles. The fourth-order valence-corrected chi connectivity index (χ4v) is 1.02. The van der Waals surface area contributed by atoms with E-state index in [1.807, 2.05) is 13.8 Å². The number of hydrogen-bond acceptors (Lipinski definition) is 0. The third kappa shape index (κ3) is 2.23. The van der Waals surface area contributed by atoms with E-state index in [0.29, 0.717) is 10.8 Å². The van der Waals surface area contributed by atoms with E-state index >= 15 is 0 Å². The van der Waals surface area contributed by atoms with Crippen molar-refractivity contribution in [2.24, 2.45) is 10.8 Å². The average molecular weight is 166 g/mol. The van der Waals surface area contributed by atoms with Gasteiger partial charge in [0.15, 0.2) is 0 Å². The Kier molecular flexibility index (Phi) is 3.76. The van der Waals surface area contributed by atoms with Gasteiger partial charge in [-0.15, -0.1) is 0 Å². The van der Waals surface area contributed by atoms with Crippen molar-refractivity contribution >= 4 is 0 Å². The molecule has 0 saturated heterocycles. The standard InChI is InChI=1S/C10H16.C2H6/c1-9(2)7-5-6-8-10(9,3)4;1-2/h5-8H,1-4H3;1-2H3. The van der Waals surface area contributed by atoms with Gasteiger partial charge in [0, 0.05) is 0 Å². The second-order valence-electron chi connectivity index (χ2n) is 4.16. The molecular formula is C12H22. The quantitative estimate of drug-likeness (QED) is 0.506. The molecule has 1 aliphatic rings. The van der Waals surface area contributed by atoms with Crippen LogP contribution in [0.15, 0.2) is 24.3 Å². The SMILES string of the molecule is CC.CC1(C)C=CC=CC1(C)C. The Labute approximate surface area is 77.4 Å². The Morgan fingerprint density at radius 1 is 0.667 bits per heavy atom. The van der Waals surface area contributed by atoms with Crippen LogP contribution in [0.2, 0.25) is 0 Å². The molecule has 1 aliphatic carbocycles. The van der Waals surface area contributed by atoms with Gasteiger partial charge in [0.1, 0.15) is 0 Å². The van der Waals surface area contributed by atoms with Crippen LogP contribution in [0.1, 0.15) is 41.5 Å². The summed E-state index contributed by atoms with van der Waals surface area (Å²) in [6, 6.07) is 0. The summed E-state index contributed by atoms with van der Waals surface area (Å²) in [6.07, 6.45) is 8.80. The second kappa shape index (κ2) is 3.93. The zero-order valence-electron chi connectivity index (χ0n) is 9.31. The van der Waals surface area contributed by atoms with E-state index in [2.05, 4.69) is 52.0 Å². The molecule has 0 unspecified atom stereocenters. The van der Waals surface area contributed by atoms with Crippen molar-refractivity contribution in [3.8, 4) is 0 Å². The monoisotopic (exact) mass is 166 g/mol. The van der Waals surface area contributed by atoms with Crippen molar-refractivity contribution in [3.63, 3.8) is 0 Å². The highest BCUT2D eigenvalue weighted by atomic mass is 14.4. The van der Waals surface area contributed by atoms with Crippen LogP contribution >= 0.6 is 0 Å². The highest BCUT2D eigenvalue weighted by molar-refractivity contribution is 5.21. The highest BCUT2D eigenvalue weighted by Crippen LogP contribution is 2.42. The van der Waals surface area contributed by atoms with Gasteiger partial charge in [-0.25, -0.2) is 0 Å². The first-order chi connectivity index (χ1) is 5.46. The van der Waals surface area contributed by atoms with Crippen LogP contribution in [-0.4, -0.2) is 0 Å². The molecule has 0 aromatic rings. The lowest BCUT2D eigenvalue weighted by atomic mass is 9.66. The summed E-state index contributed by atoms with van der Waals surface area (Å²) in [5.41, 5.74) is 0.615. The molecule has 70 valence electrons. The lowest BCUT2D eigenvalue weighted by Gasteiger charge is -2.38. The van der Waals surface area contributed by atoms with Crippen LogP contribution < -0.4 is 0 Å². The minimum absolute atomic E-state index is 0.307. The predicted octanol–water partition coefficient (Wildman–Crippen LogP) is 4.19. The van der Waals surface area contributed by atoms with Gasteiger partial charge in [0.05, 0.1) is 0 Å². The molecule has 0 aliphatic heterocycles. The van der Waals surface area contributed by atoms with Crippen molar-refractivity contribution in [3.05, 3.63) is 24.3 Å². The van der Waals surface area contributed by atoms with Gasteiger partial charge in [-0.05, 0) is 10.8 Å². The fourth-order valence-electron chi connectivity index (χ4n) is 1.02. The van der Waals surface area contributed by atoms with Crippen LogP contribution in [0.3, 0.4) is 0 Å². The molecule has 0 bridgehead atoms. The molecule has 1 rings (SSSR count). The maximum Gasteiger partial charge on any atom is -0.00860 e. The molecule has 12 heavy (non-hydrogen) atoms.